The molecule has 0 aromatic heterocycles. The first-order valence-corrected chi connectivity index (χ1v) is 5.87. The maximum Gasteiger partial charge on any atom is 0.220 e. The molecule has 0 spiro atoms. The second kappa shape index (κ2) is 7.65. The summed E-state index contributed by atoms with van der Waals surface area (Å²) >= 11 is 0. The molecule has 0 bridgehead atoms. The molecular formula is C13H18FNO2. The lowest BCUT2D eigenvalue weighted by Gasteiger charge is -2.07. The summed E-state index contributed by atoms with van der Waals surface area (Å²) in [5.74, 6) is 0.369. The highest BCUT2D eigenvalue weighted by atomic mass is 19.1. The number of ether oxygens (including phenoxy) is 1. The van der Waals surface area contributed by atoms with Gasteiger partial charge in [-0.05, 0) is 30.7 Å². The largest absolute Gasteiger partial charge is 0.492 e. The van der Waals surface area contributed by atoms with E-state index in [4.69, 9.17) is 4.74 Å². The fourth-order valence-electron chi connectivity index (χ4n) is 1.32. The molecule has 1 N–H and O–H groups in total. The van der Waals surface area contributed by atoms with Gasteiger partial charge in [0.05, 0.1) is 6.54 Å². The summed E-state index contributed by atoms with van der Waals surface area (Å²) in [5, 5.41) is 2.76. The third-order valence-corrected chi connectivity index (χ3v) is 2.26. The van der Waals surface area contributed by atoms with Crippen LogP contribution in [-0.4, -0.2) is 19.1 Å². The zero-order valence-electron chi connectivity index (χ0n) is 10.0. The highest BCUT2D eigenvalue weighted by molar-refractivity contribution is 5.75. The van der Waals surface area contributed by atoms with Crippen molar-refractivity contribution in [2.75, 3.05) is 13.2 Å². The number of benzene rings is 1. The van der Waals surface area contributed by atoms with Crippen molar-refractivity contribution in [1.29, 1.82) is 0 Å². The second-order valence-corrected chi connectivity index (χ2v) is 3.76. The van der Waals surface area contributed by atoms with Gasteiger partial charge in [0.25, 0.3) is 0 Å². The molecule has 0 saturated heterocycles. The fourth-order valence-corrected chi connectivity index (χ4v) is 1.32. The van der Waals surface area contributed by atoms with E-state index in [2.05, 4.69) is 5.32 Å². The van der Waals surface area contributed by atoms with Crippen LogP contribution in [0.3, 0.4) is 0 Å². The summed E-state index contributed by atoms with van der Waals surface area (Å²) in [5.41, 5.74) is 0. The van der Waals surface area contributed by atoms with Gasteiger partial charge < -0.3 is 10.1 Å². The van der Waals surface area contributed by atoms with Gasteiger partial charge in [0.1, 0.15) is 18.2 Å². The van der Waals surface area contributed by atoms with Crippen LogP contribution in [0.1, 0.15) is 26.2 Å². The molecule has 0 fully saturated rings. The molecule has 0 aliphatic carbocycles. The van der Waals surface area contributed by atoms with Gasteiger partial charge in [-0.25, -0.2) is 4.39 Å². The van der Waals surface area contributed by atoms with Gasteiger partial charge in [0.2, 0.25) is 5.91 Å². The van der Waals surface area contributed by atoms with Crippen molar-refractivity contribution in [1.82, 2.24) is 5.32 Å². The highest BCUT2D eigenvalue weighted by Crippen LogP contribution is 2.10. The van der Waals surface area contributed by atoms with Crippen molar-refractivity contribution in [3.05, 3.63) is 30.1 Å². The lowest BCUT2D eigenvalue weighted by atomic mass is 10.2. The second-order valence-electron chi connectivity index (χ2n) is 3.76. The Morgan fingerprint density at radius 1 is 1.35 bits per heavy atom. The summed E-state index contributed by atoms with van der Waals surface area (Å²) < 4.78 is 17.9. The number of hydrogen-bond donors (Lipinski definition) is 1. The Balaban J connectivity index is 2.11. The zero-order chi connectivity index (χ0) is 12.5. The molecule has 0 unspecified atom stereocenters. The number of nitrogens with one attached hydrogen (secondary N) is 1. The van der Waals surface area contributed by atoms with Crippen molar-refractivity contribution in [2.24, 2.45) is 0 Å². The zero-order valence-corrected chi connectivity index (χ0v) is 10.0. The SMILES string of the molecule is CCCCC(=O)NCCOc1ccc(F)cc1. The number of carbonyl (C=O) groups excluding carboxylic acids is 1. The van der Waals surface area contributed by atoms with Crippen LogP contribution in [-0.2, 0) is 4.79 Å². The Morgan fingerprint density at radius 3 is 2.71 bits per heavy atom. The minimum Gasteiger partial charge on any atom is -0.492 e. The quantitative estimate of drug-likeness (QED) is 0.742. The monoisotopic (exact) mass is 239 g/mol. The van der Waals surface area contributed by atoms with Crippen LogP contribution in [0.5, 0.6) is 5.75 Å². The van der Waals surface area contributed by atoms with Crippen molar-refractivity contribution in [2.45, 2.75) is 26.2 Å². The first-order valence-electron chi connectivity index (χ1n) is 5.87. The average molecular weight is 239 g/mol. The van der Waals surface area contributed by atoms with Gasteiger partial charge in [-0.1, -0.05) is 13.3 Å². The van der Waals surface area contributed by atoms with E-state index in [1.54, 1.807) is 12.1 Å². The summed E-state index contributed by atoms with van der Waals surface area (Å²) in [6.07, 6.45) is 2.48. The van der Waals surface area contributed by atoms with Crippen LogP contribution in [0.4, 0.5) is 4.39 Å². The summed E-state index contributed by atoms with van der Waals surface area (Å²) in [4.78, 5) is 11.2. The van der Waals surface area contributed by atoms with Crippen LogP contribution >= 0.6 is 0 Å². The molecule has 0 atom stereocenters. The molecule has 0 aliphatic rings. The molecule has 4 heteroatoms. The number of halogens is 1. The Hall–Kier alpha value is -1.58. The molecule has 94 valence electrons. The van der Waals surface area contributed by atoms with Gasteiger partial charge in [-0.3, -0.25) is 4.79 Å². The predicted molar refractivity (Wildman–Crippen MR) is 64.4 cm³/mol. The number of carbonyl (C=O) groups is 1. The fraction of sp³-hybridized carbons (Fsp3) is 0.462. The van der Waals surface area contributed by atoms with E-state index < -0.39 is 0 Å². The summed E-state index contributed by atoms with van der Waals surface area (Å²) in [6, 6.07) is 5.81. The Bertz CT molecular complexity index is 338. The molecule has 1 aromatic rings. The summed E-state index contributed by atoms with van der Waals surface area (Å²) in [6.45, 7) is 2.91. The highest BCUT2D eigenvalue weighted by Gasteiger charge is 1.99. The van der Waals surface area contributed by atoms with E-state index >= 15 is 0 Å². The first kappa shape index (κ1) is 13.5. The van der Waals surface area contributed by atoms with Gasteiger partial charge in [0.15, 0.2) is 0 Å². The topological polar surface area (TPSA) is 38.3 Å². The number of rotatable bonds is 7. The van der Waals surface area contributed by atoms with Gasteiger partial charge >= 0.3 is 0 Å². The smallest absolute Gasteiger partial charge is 0.220 e. The number of unbranched alkanes of at least 4 members (excludes halogenated alkanes) is 1. The molecule has 3 nitrogen and oxygen atoms in total. The lowest BCUT2D eigenvalue weighted by molar-refractivity contribution is -0.121. The van der Waals surface area contributed by atoms with Crippen LogP contribution < -0.4 is 10.1 Å². The van der Waals surface area contributed by atoms with E-state index in [-0.39, 0.29) is 11.7 Å². The Morgan fingerprint density at radius 2 is 2.06 bits per heavy atom. The van der Waals surface area contributed by atoms with Crippen molar-refractivity contribution in [3.8, 4) is 5.75 Å². The third kappa shape index (κ3) is 5.90. The minimum atomic E-state index is -0.287. The standard InChI is InChI=1S/C13H18FNO2/c1-2-3-4-13(16)15-9-10-17-12-7-5-11(14)6-8-12/h5-8H,2-4,9-10H2,1H3,(H,15,16). The maximum absolute atomic E-state index is 12.6. The molecule has 0 aliphatic heterocycles. The van der Waals surface area contributed by atoms with Crippen molar-refractivity contribution < 1.29 is 13.9 Å². The lowest BCUT2D eigenvalue weighted by Crippen LogP contribution is -2.27. The van der Waals surface area contributed by atoms with E-state index in [1.807, 2.05) is 6.92 Å². The minimum absolute atomic E-state index is 0.0505. The number of hydrogen-bond acceptors (Lipinski definition) is 2. The number of amides is 1. The van der Waals surface area contributed by atoms with Gasteiger partial charge in [0, 0.05) is 6.42 Å². The van der Waals surface area contributed by atoms with E-state index in [9.17, 15) is 9.18 Å². The molecule has 1 amide bonds. The van der Waals surface area contributed by atoms with Gasteiger partial charge in [-0.15, -0.1) is 0 Å². The summed E-state index contributed by atoms with van der Waals surface area (Å²) in [7, 11) is 0. The third-order valence-electron chi connectivity index (χ3n) is 2.26. The van der Waals surface area contributed by atoms with Crippen molar-refractivity contribution >= 4 is 5.91 Å². The van der Waals surface area contributed by atoms with E-state index in [1.165, 1.54) is 12.1 Å². The predicted octanol–water partition coefficient (Wildman–Crippen LogP) is 2.51. The molecule has 0 radical (unpaired) electrons. The van der Waals surface area contributed by atoms with Crippen LogP contribution in [0, 0.1) is 5.82 Å². The maximum atomic E-state index is 12.6. The van der Waals surface area contributed by atoms with Crippen LogP contribution in [0.15, 0.2) is 24.3 Å². The molecular weight excluding hydrogens is 221 g/mol. The molecule has 1 aromatic carbocycles. The van der Waals surface area contributed by atoms with Crippen molar-refractivity contribution in [3.63, 3.8) is 0 Å². The van der Waals surface area contributed by atoms with Crippen LogP contribution in [0.2, 0.25) is 0 Å². The van der Waals surface area contributed by atoms with Crippen LogP contribution in [0.25, 0.3) is 0 Å². The molecule has 0 heterocycles. The molecule has 0 saturated carbocycles. The first-order chi connectivity index (χ1) is 8.22. The molecule has 17 heavy (non-hydrogen) atoms. The average Bonchev–Trinajstić information content (AvgIpc) is 2.34. The Labute approximate surface area is 101 Å². The van der Waals surface area contributed by atoms with E-state index in [0.717, 1.165) is 12.8 Å². The molecule has 1 rings (SSSR count). The van der Waals surface area contributed by atoms with E-state index in [0.29, 0.717) is 25.3 Å². The van der Waals surface area contributed by atoms with Gasteiger partial charge in [-0.2, -0.15) is 0 Å². The normalized spacial score (nSPS) is 10.0. The Kier molecular flexibility index (Phi) is 6.07.